The van der Waals surface area contributed by atoms with Gasteiger partial charge in [-0.15, -0.1) is 0 Å². The van der Waals surface area contributed by atoms with Gasteiger partial charge in [-0.25, -0.2) is 8.42 Å². The Bertz CT molecular complexity index is 628. The number of carbonyl (C=O) groups is 1. The van der Waals surface area contributed by atoms with Gasteiger partial charge in [0.2, 0.25) is 15.9 Å². The molecule has 0 radical (unpaired) electrons. The van der Waals surface area contributed by atoms with Crippen LogP contribution in [0.1, 0.15) is 19.8 Å². The monoisotopic (exact) mass is 356 g/mol. The van der Waals surface area contributed by atoms with E-state index < -0.39 is 16.1 Å². The first kappa shape index (κ1) is 18.1. The highest BCUT2D eigenvalue weighted by Crippen LogP contribution is 2.24. The average Bonchev–Trinajstić information content (AvgIpc) is 2.54. The molecule has 0 unspecified atom stereocenters. The molecule has 1 aliphatic rings. The molecule has 0 saturated carbocycles. The van der Waals surface area contributed by atoms with Crippen LogP contribution in [0.3, 0.4) is 0 Å². The summed E-state index contributed by atoms with van der Waals surface area (Å²) in [5.41, 5.74) is 0.517. The summed E-state index contributed by atoms with van der Waals surface area (Å²) in [4.78, 5) is 14.5. The van der Waals surface area contributed by atoms with E-state index in [0.717, 1.165) is 30.6 Å². The maximum atomic E-state index is 12.8. The Morgan fingerprint density at radius 2 is 1.78 bits per heavy atom. The molecule has 7 heteroatoms. The molecule has 1 fully saturated rings. The minimum atomic E-state index is -3.54. The van der Waals surface area contributed by atoms with Crippen LogP contribution in [0, 0.1) is 0 Å². The van der Waals surface area contributed by atoms with E-state index in [1.165, 1.54) is 4.31 Å². The fourth-order valence-corrected chi connectivity index (χ4v) is 5.18. The van der Waals surface area contributed by atoms with Gasteiger partial charge in [0.1, 0.15) is 6.04 Å². The van der Waals surface area contributed by atoms with Gasteiger partial charge in [-0.3, -0.25) is 9.10 Å². The van der Waals surface area contributed by atoms with Crippen molar-refractivity contribution >= 4 is 33.4 Å². The maximum absolute atomic E-state index is 12.8. The molecule has 0 aliphatic carbocycles. The Balaban J connectivity index is 2.23. The number of carbonyl (C=O) groups excluding carboxylic acids is 1. The van der Waals surface area contributed by atoms with E-state index in [4.69, 9.17) is 0 Å². The molecule has 5 nitrogen and oxygen atoms in total. The van der Waals surface area contributed by atoms with Crippen LogP contribution in [0.4, 0.5) is 5.69 Å². The number of hydrogen-bond acceptors (Lipinski definition) is 4. The summed E-state index contributed by atoms with van der Waals surface area (Å²) < 4.78 is 25.7. The van der Waals surface area contributed by atoms with Crippen LogP contribution in [-0.2, 0) is 14.8 Å². The number of rotatable bonds is 5. The molecule has 0 bridgehead atoms. The lowest BCUT2D eigenvalue weighted by Gasteiger charge is -2.36. The molecule has 128 valence electrons. The van der Waals surface area contributed by atoms with E-state index in [9.17, 15) is 13.2 Å². The predicted octanol–water partition coefficient (Wildman–Crippen LogP) is 2.20. The van der Waals surface area contributed by atoms with Crippen molar-refractivity contribution < 1.29 is 13.2 Å². The van der Waals surface area contributed by atoms with Crippen molar-refractivity contribution in [2.75, 3.05) is 29.1 Å². The highest BCUT2D eigenvalue weighted by molar-refractivity contribution is 7.99. The van der Waals surface area contributed by atoms with Crippen LogP contribution in [0.25, 0.3) is 0 Å². The second-order valence-electron chi connectivity index (χ2n) is 5.86. The first-order valence-electron chi connectivity index (χ1n) is 7.71. The van der Waals surface area contributed by atoms with Crippen molar-refractivity contribution in [2.24, 2.45) is 0 Å². The number of anilines is 1. The average molecular weight is 357 g/mol. The number of thioether (sulfide) groups is 1. The summed E-state index contributed by atoms with van der Waals surface area (Å²) >= 11 is 1.90. The molecule has 0 N–H and O–H groups in total. The Hall–Kier alpha value is -1.21. The van der Waals surface area contributed by atoms with Crippen molar-refractivity contribution in [3.05, 3.63) is 30.3 Å². The number of amides is 1. The first-order chi connectivity index (χ1) is 10.8. The number of sulfonamides is 1. The van der Waals surface area contributed by atoms with Gasteiger partial charge in [-0.05, 0) is 43.4 Å². The maximum Gasteiger partial charge on any atom is 0.246 e. The third-order valence-corrected chi connectivity index (χ3v) is 6.45. The van der Waals surface area contributed by atoms with E-state index in [-0.39, 0.29) is 11.9 Å². The standard InChI is InChI=1S/C16H24N2O3S2/c1-13(16(19)17(2)14-9-11-22-12-10-14)18(23(3,20)21)15-7-5-4-6-8-15/h4-8,13-14H,9-12H2,1-3H3/t13-/m0/s1. The Morgan fingerprint density at radius 1 is 1.22 bits per heavy atom. The number of benzene rings is 1. The lowest BCUT2D eigenvalue weighted by atomic mass is 10.1. The normalized spacial score (nSPS) is 17.5. The van der Waals surface area contributed by atoms with E-state index in [0.29, 0.717) is 5.69 Å². The van der Waals surface area contributed by atoms with Gasteiger partial charge in [0.05, 0.1) is 11.9 Å². The van der Waals surface area contributed by atoms with Gasteiger partial charge in [-0.1, -0.05) is 18.2 Å². The van der Waals surface area contributed by atoms with Crippen molar-refractivity contribution in [2.45, 2.75) is 31.8 Å². The first-order valence-corrected chi connectivity index (χ1v) is 10.7. The molecular formula is C16H24N2O3S2. The minimum Gasteiger partial charge on any atom is -0.341 e. The summed E-state index contributed by atoms with van der Waals surface area (Å²) in [5, 5.41) is 0. The molecular weight excluding hydrogens is 332 g/mol. The van der Waals surface area contributed by atoms with Crippen molar-refractivity contribution in [3.8, 4) is 0 Å². The summed E-state index contributed by atoms with van der Waals surface area (Å²) in [7, 11) is -1.76. The van der Waals surface area contributed by atoms with Crippen LogP contribution in [0.5, 0.6) is 0 Å². The molecule has 1 aromatic carbocycles. The summed E-state index contributed by atoms with van der Waals surface area (Å²) in [5.74, 6) is 1.94. The van der Waals surface area contributed by atoms with Crippen LogP contribution in [0.15, 0.2) is 30.3 Å². The van der Waals surface area contributed by atoms with Crippen molar-refractivity contribution in [1.29, 1.82) is 0 Å². The number of hydrogen-bond donors (Lipinski definition) is 0. The molecule has 1 heterocycles. The Morgan fingerprint density at radius 3 is 2.30 bits per heavy atom. The number of likely N-dealkylation sites (N-methyl/N-ethyl adjacent to an activating group) is 1. The fourth-order valence-electron chi connectivity index (χ4n) is 2.92. The molecule has 1 saturated heterocycles. The van der Waals surface area contributed by atoms with Gasteiger partial charge in [0.25, 0.3) is 0 Å². The Kier molecular flexibility index (Phi) is 5.97. The smallest absolute Gasteiger partial charge is 0.246 e. The van der Waals surface area contributed by atoms with Crippen LogP contribution in [-0.4, -0.2) is 56.1 Å². The quantitative estimate of drug-likeness (QED) is 0.811. The lowest BCUT2D eigenvalue weighted by Crippen LogP contribution is -2.51. The highest BCUT2D eigenvalue weighted by atomic mass is 32.2. The topological polar surface area (TPSA) is 57.7 Å². The van der Waals surface area contributed by atoms with Crippen molar-refractivity contribution in [3.63, 3.8) is 0 Å². The van der Waals surface area contributed by atoms with Gasteiger partial charge in [0, 0.05) is 13.1 Å². The largest absolute Gasteiger partial charge is 0.341 e. The summed E-state index contributed by atoms with van der Waals surface area (Å²) in [6, 6.07) is 8.22. The number of para-hydroxylation sites is 1. The van der Waals surface area contributed by atoms with Gasteiger partial charge < -0.3 is 4.90 Å². The molecule has 0 spiro atoms. The van der Waals surface area contributed by atoms with Gasteiger partial charge in [0.15, 0.2) is 0 Å². The number of nitrogens with zero attached hydrogens (tertiary/aromatic N) is 2. The molecule has 23 heavy (non-hydrogen) atoms. The zero-order chi connectivity index (χ0) is 17.0. The minimum absolute atomic E-state index is 0.156. The molecule has 1 amide bonds. The van der Waals surface area contributed by atoms with Gasteiger partial charge in [-0.2, -0.15) is 11.8 Å². The molecule has 1 atom stereocenters. The molecule has 0 aromatic heterocycles. The summed E-state index contributed by atoms with van der Waals surface area (Å²) in [6.07, 6.45) is 3.06. The third kappa shape index (κ3) is 4.41. The summed E-state index contributed by atoms with van der Waals surface area (Å²) in [6.45, 7) is 1.66. The second kappa shape index (κ2) is 7.57. The fraction of sp³-hybridized carbons (Fsp3) is 0.562. The second-order valence-corrected chi connectivity index (χ2v) is 8.95. The third-order valence-electron chi connectivity index (χ3n) is 4.16. The zero-order valence-corrected chi connectivity index (χ0v) is 15.4. The SMILES string of the molecule is C[C@@H](C(=O)N(C)C1CCSCC1)N(c1ccccc1)S(C)(=O)=O. The predicted molar refractivity (Wildman–Crippen MR) is 96.3 cm³/mol. The molecule has 2 rings (SSSR count). The van der Waals surface area contributed by atoms with E-state index in [1.54, 1.807) is 43.1 Å². The lowest BCUT2D eigenvalue weighted by molar-refractivity contribution is -0.132. The molecule has 1 aliphatic heterocycles. The van der Waals surface area contributed by atoms with E-state index in [1.807, 2.05) is 17.8 Å². The van der Waals surface area contributed by atoms with Gasteiger partial charge >= 0.3 is 0 Å². The van der Waals surface area contributed by atoms with E-state index in [2.05, 4.69) is 0 Å². The van der Waals surface area contributed by atoms with Crippen LogP contribution < -0.4 is 4.31 Å². The zero-order valence-electron chi connectivity index (χ0n) is 13.8. The molecule has 1 aromatic rings. The van der Waals surface area contributed by atoms with Crippen LogP contribution >= 0.6 is 11.8 Å². The van der Waals surface area contributed by atoms with Crippen molar-refractivity contribution in [1.82, 2.24) is 4.90 Å². The highest BCUT2D eigenvalue weighted by Gasteiger charge is 2.33. The van der Waals surface area contributed by atoms with Crippen LogP contribution in [0.2, 0.25) is 0 Å². The van der Waals surface area contributed by atoms with E-state index >= 15 is 0 Å². The Labute approximate surface area is 143 Å².